The fourth-order valence-electron chi connectivity index (χ4n) is 2.24. The molecule has 0 aromatic heterocycles. The number of hydrogen-bond donors (Lipinski definition) is 1. The number of aliphatic carboxylic acids is 1. The van der Waals surface area contributed by atoms with Gasteiger partial charge in [0, 0.05) is 11.4 Å². The summed E-state index contributed by atoms with van der Waals surface area (Å²) in [5.74, 6) is -1.47. The Hall–Kier alpha value is -1.10. The third kappa shape index (κ3) is 5.59. The minimum absolute atomic E-state index is 0.221. The van der Waals surface area contributed by atoms with E-state index in [4.69, 9.17) is 4.74 Å². The average molecular weight is 273 g/mol. The van der Waals surface area contributed by atoms with Crippen LogP contribution in [0, 0.1) is 10.8 Å². The summed E-state index contributed by atoms with van der Waals surface area (Å²) in [6.07, 6.45) is 2.44. The van der Waals surface area contributed by atoms with Crippen LogP contribution in [0.2, 0.25) is 0 Å². The van der Waals surface area contributed by atoms with Crippen molar-refractivity contribution in [2.45, 2.75) is 53.4 Å². The summed E-state index contributed by atoms with van der Waals surface area (Å²) in [6, 6.07) is 0. The van der Waals surface area contributed by atoms with Crippen LogP contribution in [0.3, 0.4) is 0 Å². The van der Waals surface area contributed by atoms with Gasteiger partial charge in [0.2, 0.25) is 0 Å². The molecule has 0 saturated heterocycles. The number of rotatable bonds is 9. The first-order valence-electron chi connectivity index (χ1n) is 6.87. The second-order valence-corrected chi connectivity index (χ2v) is 6.00. The van der Waals surface area contributed by atoms with Gasteiger partial charge < -0.3 is 20.4 Å². The van der Waals surface area contributed by atoms with Crippen LogP contribution in [0.4, 0.5) is 0 Å². The number of carbonyl (C=O) groups excluding carboxylic acids is 2. The van der Waals surface area contributed by atoms with Crippen molar-refractivity contribution < 1.29 is 25.2 Å². The number of carboxylic acids is 1. The van der Waals surface area contributed by atoms with Crippen molar-refractivity contribution in [1.82, 2.24) is 0 Å². The van der Waals surface area contributed by atoms with E-state index in [1.807, 2.05) is 6.92 Å². The summed E-state index contributed by atoms with van der Waals surface area (Å²) < 4.78 is 5.07. The Kier molecular flexibility index (Phi) is 7.05. The Morgan fingerprint density at radius 3 is 2.26 bits per heavy atom. The predicted molar refractivity (Wildman–Crippen MR) is 69.8 cm³/mol. The Balaban J connectivity index is 4.81. The lowest BCUT2D eigenvalue weighted by molar-refractivity contribution is -0.372. The lowest BCUT2D eigenvalue weighted by Crippen LogP contribution is -2.53. The molecule has 0 aliphatic heterocycles. The minimum Gasteiger partial charge on any atom is -0.550 e. The maximum Gasteiger partial charge on any atom is 0.311 e. The molecule has 0 heterocycles. The topological polar surface area (TPSA) is 94.1 Å². The molecule has 0 fully saturated rings. The third-order valence-corrected chi connectivity index (χ3v) is 3.34. The van der Waals surface area contributed by atoms with Gasteiger partial charge in [-0.05, 0) is 26.7 Å². The van der Waals surface area contributed by atoms with E-state index in [1.165, 1.54) is 0 Å². The van der Waals surface area contributed by atoms with E-state index < -0.39 is 16.8 Å². The molecule has 0 spiro atoms. The maximum atomic E-state index is 11.9. The number of hydrogen-bond acceptors (Lipinski definition) is 4. The number of quaternary nitrogens is 1. The smallest absolute Gasteiger partial charge is 0.311 e. The van der Waals surface area contributed by atoms with Gasteiger partial charge in [0.1, 0.15) is 13.2 Å². The van der Waals surface area contributed by atoms with Gasteiger partial charge in [0.15, 0.2) is 0 Å². The van der Waals surface area contributed by atoms with E-state index in [1.54, 1.807) is 20.8 Å². The highest BCUT2D eigenvalue weighted by Gasteiger charge is 2.38. The Bertz CT molecular complexity index is 315. The van der Waals surface area contributed by atoms with Gasteiger partial charge in [-0.15, -0.1) is 0 Å². The first kappa shape index (κ1) is 17.9. The first-order valence-corrected chi connectivity index (χ1v) is 6.87. The summed E-state index contributed by atoms with van der Waals surface area (Å²) in [6.45, 7) is 7.85. The zero-order chi connectivity index (χ0) is 15.1. The van der Waals surface area contributed by atoms with Crippen LogP contribution in [0.1, 0.15) is 53.4 Å². The molecule has 112 valence electrons. The van der Waals surface area contributed by atoms with Gasteiger partial charge in [-0.3, -0.25) is 4.79 Å². The third-order valence-electron chi connectivity index (χ3n) is 3.34. The van der Waals surface area contributed by atoms with E-state index in [-0.39, 0.29) is 19.0 Å². The Labute approximate surface area is 115 Å². The van der Waals surface area contributed by atoms with Crippen molar-refractivity contribution in [3.05, 3.63) is 0 Å². The number of carboxylic acid groups (broad SMARTS) is 1. The van der Waals surface area contributed by atoms with Crippen molar-refractivity contribution in [3.8, 4) is 0 Å². The molecule has 0 bridgehead atoms. The average Bonchev–Trinajstić information content (AvgIpc) is 2.32. The van der Waals surface area contributed by atoms with Crippen molar-refractivity contribution >= 4 is 11.9 Å². The molecule has 0 aliphatic carbocycles. The normalized spacial score (nSPS) is 14.8. The van der Waals surface area contributed by atoms with Crippen LogP contribution in [0.15, 0.2) is 0 Å². The summed E-state index contributed by atoms with van der Waals surface area (Å²) in [7, 11) is 0. The Morgan fingerprint density at radius 1 is 1.26 bits per heavy atom. The second-order valence-electron chi connectivity index (χ2n) is 6.00. The van der Waals surface area contributed by atoms with Crippen LogP contribution in [0.25, 0.3) is 0 Å². The molecule has 0 amide bonds. The van der Waals surface area contributed by atoms with Gasteiger partial charge in [-0.25, -0.2) is 0 Å². The minimum atomic E-state index is -1.10. The van der Waals surface area contributed by atoms with Gasteiger partial charge >= 0.3 is 5.97 Å². The van der Waals surface area contributed by atoms with Crippen molar-refractivity contribution in [1.29, 1.82) is 0 Å². The van der Waals surface area contributed by atoms with E-state index in [9.17, 15) is 14.7 Å². The quantitative estimate of drug-likeness (QED) is 0.604. The van der Waals surface area contributed by atoms with Crippen LogP contribution in [-0.4, -0.2) is 25.1 Å². The van der Waals surface area contributed by atoms with E-state index in [0.29, 0.717) is 13.0 Å². The molecule has 1 unspecified atom stereocenters. The summed E-state index contributed by atoms with van der Waals surface area (Å²) in [5.41, 5.74) is 1.77. The number of carbonyl (C=O) groups is 2. The molecule has 1 atom stereocenters. The highest BCUT2D eigenvalue weighted by molar-refractivity contribution is 5.78. The van der Waals surface area contributed by atoms with Gasteiger partial charge in [-0.1, -0.05) is 26.7 Å². The second kappa shape index (κ2) is 7.48. The highest BCUT2D eigenvalue weighted by Crippen LogP contribution is 2.38. The molecular weight excluding hydrogens is 246 g/mol. The molecule has 0 rings (SSSR count). The highest BCUT2D eigenvalue weighted by atomic mass is 16.5. The van der Waals surface area contributed by atoms with Crippen LogP contribution < -0.4 is 10.8 Å². The lowest BCUT2D eigenvalue weighted by atomic mass is 9.71. The molecular formula is C14H27NO4. The SMILES string of the molecule is CCCCC(C)(CC(C)(C)C(=O)OCC[NH3+])C(=O)[O-]. The standard InChI is InChI=1S/C14H27NO4/c1-5-6-7-14(4,11(16)17)10-13(2,3)12(18)19-9-8-15/h5-10,15H2,1-4H3,(H,16,17). The van der Waals surface area contributed by atoms with Gasteiger partial charge in [0.05, 0.1) is 5.41 Å². The Morgan fingerprint density at radius 2 is 1.84 bits per heavy atom. The molecule has 5 heteroatoms. The molecule has 0 radical (unpaired) electrons. The van der Waals surface area contributed by atoms with Gasteiger partial charge in [-0.2, -0.15) is 0 Å². The largest absolute Gasteiger partial charge is 0.550 e. The van der Waals surface area contributed by atoms with Crippen molar-refractivity contribution in [2.75, 3.05) is 13.2 Å². The molecule has 19 heavy (non-hydrogen) atoms. The predicted octanol–water partition coefficient (Wildman–Crippen LogP) is 0.134. The lowest BCUT2D eigenvalue weighted by Gasteiger charge is -2.37. The zero-order valence-electron chi connectivity index (χ0n) is 12.6. The fourth-order valence-corrected chi connectivity index (χ4v) is 2.24. The van der Waals surface area contributed by atoms with Crippen LogP contribution in [0.5, 0.6) is 0 Å². The molecule has 3 N–H and O–H groups in total. The van der Waals surface area contributed by atoms with E-state index in [0.717, 1.165) is 12.8 Å². The molecule has 0 aliphatic rings. The maximum absolute atomic E-state index is 11.9. The number of esters is 1. The van der Waals surface area contributed by atoms with Crippen molar-refractivity contribution in [3.63, 3.8) is 0 Å². The monoisotopic (exact) mass is 273 g/mol. The van der Waals surface area contributed by atoms with E-state index >= 15 is 0 Å². The number of unbranched alkanes of at least 4 members (excludes halogenated alkanes) is 1. The van der Waals surface area contributed by atoms with Crippen LogP contribution in [-0.2, 0) is 14.3 Å². The zero-order valence-corrected chi connectivity index (χ0v) is 12.6. The number of ether oxygens (including phenoxy) is 1. The summed E-state index contributed by atoms with van der Waals surface area (Å²) in [5, 5.41) is 11.4. The van der Waals surface area contributed by atoms with Crippen molar-refractivity contribution in [2.24, 2.45) is 10.8 Å². The molecule has 0 saturated carbocycles. The fraction of sp³-hybridized carbons (Fsp3) is 0.857. The molecule has 0 aromatic rings. The molecule has 5 nitrogen and oxygen atoms in total. The summed E-state index contributed by atoms with van der Waals surface area (Å²) in [4.78, 5) is 23.3. The van der Waals surface area contributed by atoms with Gasteiger partial charge in [0.25, 0.3) is 0 Å². The van der Waals surface area contributed by atoms with E-state index in [2.05, 4.69) is 5.73 Å². The summed E-state index contributed by atoms with van der Waals surface area (Å²) >= 11 is 0. The van der Waals surface area contributed by atoms with Crippen LogP contribution >= 0.6 is 0 Å². The first-order chi connectivity index (χ1) is 8.69. The molecule has 0 aromatic carbocycles.